The molecule has 4 heteroatoms. The van der Waals surface area contributed by atoms with Gasteiger partial charge in [-0.25, -0.2) is 0 Å². The third-order valence-corrected chi connectivity index (χ3v) is 2.99. The van der Waals surface area contributed by atoms with Crippen LogP contribution in [0.2, 0.25) is 0 Å². The number of hydrogen-bond acceptors (Lipinski definition) is 4. The van der Waals surface area contributed by atoms with Gasteiger partial charge >= 0.3 is 5.97 Å². The van der Waals surface area contributed by atoms with Crippen molar-refractivity contribution in [1.82, 2.24) is 10.2 Å². The van der Waals surface area contributed by atoms with Crippen LogP contribution in [0.25, 0.3) is 0 Å². The Hall–Kier alpha value is -1.39. The molecule has 0 unspecified atom stereocenters. The van der Waals surface area contributed by atoms with Crippen molar-refractivity contribution in [3.8, 4) is 0 Å². The Labute approximate surface area is 102 Å². The molecular weight excluding hydrogens is 216 g/mol. The molecule has 2 rings (SSSR count). The van der Waals surface area contributed by atoms with Crippen molar-refractivity contribution in [2.75, 3.05) is 26.7 Å². The molecule has 0 spiro atoms. The molecule has 17 heavy (non-hydrogen) atoms. The molecule has 1 aliphatic heterocycles. The van der Waals surface area contributed by atoms with Gasteiger partial charge in [-0.05, 0) is 5.56 Å². The zero-order valence-corrected chi connectivity index (χ0v) is 10.1. The Morgan fingerprint density at radius 1 is 1.47 bits per heavy atom. The number of piperazine rings is 1. The van der Waals surface area contributed by atoms with Crippen LogP contribution in [0, 0.1) is 0 Å². The Bertz CT molecular complexity index is 367. The average molecular weight is 234 g/mol. The Morgan fingerprint density at radius 3 is 2.94 bits per heavy atom. The summed E-state index contributed by atoms with van der Waals surface area (Å²) in [5.41, 5.74) is 1.28. The highest BCUT2D eigenvalue weighted by molar-refractivity contribution is 5.76. The molecule has 0 aliphatic carbocycles. The maximum atomic E-state index is 11.5. The van der Waals surface area contributed by atoms with E-state index in [1.807, 2.05) is 18.2 Å². The van der Waals surface area contributed by atoms with Gasteiger partial charge in [0.2, 0.25) is 0 Å². The number of rotatable bonds is 3. The van der Waals surface area contributed by atoms with Crippen molar-refractivity contribution in [3.05, 3.63) is 35.9 Å². The topological polar surface area (TPSA) is 41.6 Å². The van der Waals surface area contributed by atoms with Crippen molar-refractivity contribution in [2.24, 2.45) is 0 Å². The first-order chi connectivity index (χ1) is 8.29. The molecule has 1 saturated heterocycles. The molecule has 1 aromatic carbocycles. The highest BCUT2D eigenvalue weighted by Gasteiger charge is 2.25. The molecule has 1 N–H and O–H groups in total. The quantitative estimate of drug-likeness (QED) is 0.779. The number of esters is 1. The van der Waals surface area contributed by atoms with Crippen molar-refractivity contribution < 1.29 is 9.53 Å². The molecule has 1 heterocycles. The first kappa shape index (κ1) is 12.1. The third-order valence-electron chi connectivity index (χ3n) is 2.99. The number of hydrogen-bond donors (Lipinski definition) is 1. The highest BCUT2D eigenvalue weighted by atomic mass is 16.5. The van der Waals surface area contributed by atoms with E-state index in [-0.39, 0.29) is 12.0 Å². The summed E-state index contributed by atoms with van der Waals surface area (Å²) in [7, 11) is 1.43. The van der Waals surface area contributed by atoms with Crippen molar-refractivity contribution in [3.63, 3.8) is 0 Å². The molecule has 1 fully saturated rings. The Morgan fingerprint density at radius 2 is 2.24 bits per heavy atom. The summed E-state index contributed by atoms with van der Waals surface area (Å²) >= 11 is 0. The van der Waals surface area contributed by atoms with Crippen LogP contribution >= 0.6 is 0 Å². The fourth-order valence-electron chi connectivity index (χ4n) is 2.10. The summed E-state index contributed by atoms with van der Waals surface area (Å²) in [6.07, 6.45) is 0. The predicted octanol–water partition coefficient (Wildman–Crippen LogP) is 0.633. The van der Waals surface area contributed by atoms with Gasteiger partial charge in [-0.2, -0.15) is 0 Å². The first-order valence-electron chi connectivity index (χ1n) is 5.87. The number of nitrogens with zero attached hydrogens (tertiary/aromatic N) is 1. The highest BCUT2D eigenvalue weighted by Crippen LogP contribution is 2.07. The minimum atomic E-state index is -0.197. The lowest BCUT2D eigenvalue weighted by Gasteiger charge is -2.32. The standard InChI is InChI=1S/C13H18N2O2/c1-17-13(16)12-10-15(8-7-14-12)9-11-5-3-2-4-6-11/h2-6,12,14H,7-10H2,1H3/t12-/m0/s1. The number of carbonyl (C=O) groups excluding carboxylic acids is 1. The van der Waals surface area contributed by atoms with Crippen LogP contribution in [0.4, 0.5) is 0 Å². The lowest BCUT2D eigenvalue weighted by molar-refractivity contribution is -0.144. The van der Waals surface area contributed by atoms with Crippen molar-refractivity contribution >= 4 is 5.97 Å². The van der Waals surface area contributed by atoms with Gasteiger partial charge in [0.15, 0.2) is 0 Å². The smallest absolute Gasteiger partial charge is 0.324 e. The maximum Gasteiger partial charge on any atom is 0.324 e. The van der Waals surface area contributed by atoms with Crippen LogP contribution in [0.15, 0.2) is 30.3 Å². The number of nitrogens with one attached hydrogen (secondary N) is 1. The SMILES string of the molecule is COC(=O)[C@@H]1CN(Cc2ccccc2)CCN1. The van der Waals surface area contributed by atoms with E-state index in [4.69, 9.17) is 4.74 Å². The molecular formula is C13H18N2O2. The second kappa shape index (κ2) is 5.80. The van der Waals surface area contributed by atoms with E-state index >= 15 is 0 Å². The molecule has 1 aliphatic rings. The van der Waals surface area contributed by atoms with Crippen LogP contribution in [-0.4, -0.2) is 43.7 Å². The van der Waals surface area contributed by atoms with E-state index in [0.717, 1.165) is 19.6 Å². The number of benzene rings is 1. The lowest BCUT2D eigenvalue weighted by Crippen LogP contribution is -2.54. The summed E-state index contributed by atoms with van der Waals surface area (Å²) in [5.74, 6) is -0.178. The minimum absolute atomic E-state index is 0.178. The zero-order valence-electron chi connectivity index (χ0n) is 10.1. The van der Waals surface area contributed by atoms with E-state index in [1.165, 1.54) is 12.7 Å². The van der Waals surface area contributed by atoms with Gasteiger partial charge in [-0.3, -0.25) is 9.69 Å². The van der Waals surface area contributed by atoms with Crippen LogP contribution in [0.1, 0.15) is 5.56 Å². The van der Waals surface area contributed by atoms with Gasteiger partial charge in [-0.1, -0.05) is 30.3 Å². The Kier molecular flexibility index (Phi) is 4.12. The van der Waals surface area contributed by atoms with Crippen LogP contribution in [-0.2, 0) is 16.1 Å². The molecule has 92 valence electrons. The lowest BCUT2D eigenvalue weighted by atomic mass is 10.1. The molecule has 0 amide bonds. The van der Waals surface area contributed by atoms with E-state index in [1.54, 1.807) is 0 Å². The molecule has 1 atom stereocenters. The predicted molar refractivity (Wildman–Crippen MR) is 65.5 cm³/mol. The minimum Gasteiger partial charge on any atom is -0.468 e. The molecule has 4 nitrogen and oxygen atoms in total. The molecule has 0 radical (unpaired) electrons. The average Bonchev–Trinajstić information content (AvgIpc) is 2.39. The normalized spacial score (nSPS) is 21.1. The largest absolute Gasteiger partial charge is 0.468 e. The number of ether oxygens (including phenoxy) is 1. The summed E-state index contributed by atoms with van der Waals surface area (Å²) in [6, 6.07) is 10.1. The first-order valence-corrected chi connectivity index (χ1v) is 5.87. The van der Waals surface area contributed by atoms with Crippen LogP contribution in [0.3, 0.4) is 0 Å². The molecule has 0 aromatic heterocycles. The monoisotopic (exact) mass is 234 g/mol. The zero-order chi connectivity index (χ0) is 12.1. The Balaban J connectivity index is 1.92. The van der Waals surface area contributed by atoms with E-state index < -0.39 is 0 Å². The van der Waals surface area contributed by atoms with E-state index in [2.05, 4.69) is 22.3 Å². The fourth-order valence-corrected chi connectivity index (χ4v) is 2.10. The van der Waals surface area contributed by atoms with E-state index in [0.29, 0.717) is 6.54 Å². The van der Waals surface area contributed by atoms with Crippen LogP contribution < -0.4 is 5.32 Å². The van der Waals surface area contributed by atoms with Crippen molar-refractivity contribution in [1.29, 1.82) is 0 Å². The second-order valence-electron chi connectivity index (χ2n) is 4.25. The van der Waals surface area contributed by atoms with Gasteiger partial charge in [0, 0.05) is 26.2 Å². The van der Waals surface area contributed by atoms with Gasteiger partial charge in [-0.15, -0.1) is 0 Å². The van der Waals surface area contributed by atoms with Gasteiger partial charge in [0.1, 0.15) is 6.04 Å². The van der Waals surface area contributed by atoms with Gasteiger partial charge in [0.25, 0.3) is 0 Å². The number of methoxy groups -OCH3 is 1. The summed E-state index contributed by atoms with van der Waals surface area (Å²) in [4.78, 5) is 13.7. The second-order valence-corrected chi connectivity index (χ2v) is 4.25. The third kappa shape index (κ3) is 3.28. The summed E-state index contributed by atoms with van der Waals surface area (Å²) < 4.78 is 4.76. The summed E-state index contributed by atoms with van der Waals surface area (Å²) in [6.45, 7) is 3.38. The fraction of sp³-hybridized carbons (Fsp3) is 0.462. The van der Waals surface area contributed by atoms with Gasteiger partial charge in [0.05, 0.1) is 7.11 Å². The maximum absolute atomic E-state index is 11.5. The molecule has 0 bridgehead atoms. The van der Waals surface area contributed by atoms with Crippen LogP contribution in [0.5, 0.6) is 0 Å². The number of carbonyl (C=O) groups is 1. The molecule has 1 aromatic rings. The van der Waals surface area contributed by atoms with Gasteiger partial charge < -0.3 is 10.1 Å². The summed E-state index contributed by atoms with van der Waals surface area (Å²) in [5, 5.41) is 3.17. The van der Waals surface area contributed by atoms with Crippen molar-refractivity contribution in [2.45, 2.75) is 12.6 Å². The van der Waals surface area contributed by atoms with E-state index in [9.17, 15) is 4.79 Å². The molecule has 0 saturated carbocycles.